The monoisotopic (exact) mass is 473 g/mol. The molecule has 1 N–H and O–H groups in total. The molecule has 0 atom stereocenters. The first-order chi connectivity index (χ1) is 15.1. The summed E-state index contributed by atoms with van der Waals surface area (Å²) in [5.41, 5.74) is 0.630. The van der Waals surface area contributed by atoms with Gasteiger partial charge in [-0.3, -0.25) is 14.5 Å². The van der Waals surface area contributed by atoms with Gasteiger partial charge < -0.3 is 15.0 Å². The van der Waals surface area contributed by atoms with E-state index in [1.807, 2.05) is 4.90 Å². The standard InChI is InChI=1S/C21H20ClF4N3O3/c22-17-12-14(2-7-18(17)32-21(24,25)26)20(31)29-9-1-8-28(10-11-29)13-19(30)27-16-5-3-15(23)4-6-16/h2-7,12H,1,8-11,13H2,(H,27,30). The Hall–Kier alpha value is -2.85. The molecule has 0 spiro atoms. The molecular formula is C21H20ClF4N3O3. The number of nitrogens with zero attached hydrogens (tertiary/aromatic N) is 2. The van der Waals surface area contributed by atoms with Crippen LogP contribution < -0.4 is 10.1 Å². The molecule has 0 saturated carbocycles. The van der Waals surface area contributed by atoms with Crippen LogP contribution in [-0.4, -0.2) is 60.7 Å². The Morgan fingerprint density at radius 1 is 1.03 bits per heavy atom. The highest BCUT2D eigenvalue weighted by atomic mass is 35.5. The highest BCUT2D eigenvalue weighted by Crippen LogP contribution is 2.31. The summed E-state index contributed by atoms with van der Waals surface area (Å²) >= 11 is 5.84. The molecule has 6 nitrogen and oxygen atoms in total. The zero-order valence-electron chi connectivity index (χ0n) is 16.8. The predicted molar refractivity (Wildman–Crippen MR) is 110 cm³/mol. The Morgan fingerprint density at radius 3 is 2.41 bits per heavy atom. The maximum absolute atomic E-state index is 13.0. The molecule has 1 heterocycles. The average molecular weight is 474 g/mol. The lowest BCUT2D eigenvalue weighted by Gasteiger charge is -2.22. The summed E-state index contributed by atoms with van der Waals surface area (Å²) in [5.74, 6) is -1.61. The third-order valence-electron chi connectivity index (χ3n) is 4.78. The molecule has 172 valence electrons. The number of anilines is 1. The van der Waals surface area contributed by atoms with Gasteiger partial charge in [0.1, 0.15) is 11.6 Å². The molecule has 0 bridgehead atoms. The van der Waals surface area contributed by atoms with Crippen LogP contribution in [0.3, 0.4) is 0 Å². The van der Waals surface area contributed by atoms with Crippen molar-refractivity contribution in [3.05, 3.63) is 58.9 Å². The summed E-state index contributed by atoms with van der Waals surface area (Å²) in [6, 6.07) is 8.81. The van der Waals surface area contributed by atoms with Crippen LogP contribution in [-0.2, 0) is 4.79 Å². The van der Waals surface area contributed by atoms with Gasteiger partial charge in [0.15, 0.2) is 0 Å². The van der Waals surface area contributed by atoms with Gasteiger partial charge in [-0.25, -0.2) is 4.39 Å². The van der Waals surface area contributed by atoms with Crippen LogP contribution in [0.15, 0.2) is 42.5 Å². The first-order valence-corrected chi connectivity index (χ1v) is 10.1. The molecule has 1 saturated heterocycles. The van der Waals surface area contributed by atoms with Crippen molar-refractivity contribution in [3.8, 4) is 5.75 Å². The molecule has 2 aromatic rings. The van der Waals surface area contributed by atoms with E-state index in [4.69, 9.17) is 11.6 Å². The molecule has 1 aliphatic rings. The first kappa shape index (κ1) is 23.8. The quantitative estimate of drug-likeness (QED) is 0.662. The maximum Gasteiger partial charge on any atom is 0.573 e. The van der Waals surface area contributed by atoms with Crippen LogP contribution in [0.5, 0.6) is 5.75 Å². The van der Waals surface area contributed by atoms with E-state index in [-0.39, 0.29) is 28.9 Å². The third-order valence-corrected chi connectivity index (χ3v) is 5.07. The summed E-state index contributed by atoms with van der Waals surface area (Å²) in [6.07, 6.45) is -4.27. The Morgan fingerprint density at radius 2 is 1.75 bits per heavy atom. The van der Waals surface area contributed by atoms with Crippen molar-refractivity contribution < 1.29 is 31.9 Å². The maximum atomic E-state index is 13.0. The highest BCUT2D eigenvalue weighted by molar-refractivity contribution is 6.32. The number of rotatable bonds is 5. The number of nitrogens with one attached hydrogen (secondary N) is 1. The fourth-order valence-electron chi connectivity index (χ4n) is 3.29. The zero-order chi connectivity index (χ0) is 23.3. The smallest absolute Gasteiger partial charge is 0.404 e. The average Bonchev–Trinajstić information content (AvgIpc) is 2.95. The molecule has 0 radical (unpaired) electrons. The van der Waals surface area contributed by atoms with E-state index in [1.165, 1.54) is 30.3 Å². The van der Waals surface area contributed by atoms with Crippen LogP contribution in [0.4, 0.5) is 23.2 Å². The van der Waals surface area contributed by atoms with Gasteiger partial charge in [-0.1, -0.05) is 11.6 Å². The van der Waals surface area contributed by atoms with Gasteiger partial charge in [0.25, 0.3) is 5.91 Å². The lowest BCUT2D eigenvalue weighted by Crippen LogP contribution is -2.38. The Kier molecular flexibility index (Phi) is 7.57. The summed E-state index contributed by atoms with van der Waals surface area (Å²) in [5, 5.41) is 2.37. The van der Waals surface area contributed by atoms with Crippen molar-refractivity contribution in [2.75, 3.05) is 38.0 Å². The Labute approximate surface area is 186 Å². The lowest BCUT2D eigenvalue weighted by molar-refractivity contribution is -0.274. The second-order valence-corrected chi connectivity index (χ2v) is 7.58. The second-order valence-electron chi connectivity index (χ2n) is 7.17. The van der Waals surface area contributed by atoms with E-state index in [0.29, 0.717) is 38.3 Å². The minimum absolute atomic E-state index is 0.106. The van der Waals surface area contributed by atoms with Gasteiger partial charge in [0.2, 0.25) is 5.91 Å². The summed E-state index contributed by atoms with van der Waals surface area (Å²) in [4.78, 5) is 28.5. The predicted octanol–water partition coefficient (Wildman–Crippen LogP) is 4.16. The Bertz CT molecular complexity index is 970. The summed E-state index contributed by atoms with van der Waals surface area (Å²) in [6.45, 7) is 1.88. The molecule has 2 amide bonds. The third kappa shape index (κ3) is 6.83. The molecule has 3 rings (SSSR count). The minimum atomic E-state index is -4.88. The number of amides is 2. The molecule has 0 aliphatic carbocycles. The number of hydrogen-bond donors (Lipinski definition) is 1. The van der Waals surface area contributed by atoms with E-state index >= 15 is 0 Å². The van der Waals surface area contributed by atoms with Crippen LogP contribution in [0, 0.1) is 5.82 Å². The van der Waals surface area contributed by atoms with Crippen molar-refractivity contribution in [1.82, 2.24) is 9.80 Å². The number of ether oxygens (including phenoxy) is 1. The van der Waals surface area contributed by atoms with Crippen molar-refractivity contribution >= 4 is 29.1 Å². The SMILES string of the molecule is O=C(CN1CCCN(C(=O)c2ccc(OC(F)(F)F)c(Cl)c2)CC1)Nc1ccc(F)cc1. The zero-order valence-corrected chi connectivity index (χ0v) is 17.5. The molecule has 32 heavy (non-hydrogen) atoms. The van der Waals surface area contributed by atoms with Gasteiger partial charge in [0.05, 0.1) is 11.6 Å². The molecule has 0 unspecified atom stereocenters. The number of hydrogen-bond acceptors (Lipinski definition) is 4. The van der Waals surface area contributed by atoms with Crippen LogP contribution >= 0.6 is 11.6 Å². The highest BCUT2D eigenvalue weighted by Gasteiger charge is 2.32. The molecule has 2 aromatic carbocycles. The van der Waals surface area contributed by atoms with E-state index in [9.17, 15) is 27.2 Å². The van der Waals surface area contributed by atoms with Crippen LogP contribution in [0.25, 0.3) is 0 Å². The second kappa shape index (κ2) is 10.2. The molecule has 1 aliphatic heterocycles. The van der Waals surface area contributed by atoms with Gasteiger partial charge in [-0.2, -0.15) is 0 Å². The number of halogens is 5. The van der Waals surface area contributed by atoms with E-state index in [1.54, 1.807) is 4.90 Å². The number of alkyl halides is 3. The van der Waals surface area contributed by atoms with E-state index < -0.39 is 17.9 Å². The van der Waals surface area contributed by atoms with Gasteiger partial charge in [-0.15, -0.1) is 13.2 Å². The first-order valence-electron chi connectivity index (χ1n) is 9.73. The Balaban J connectivity index is 1.55. The fraction of sp³-hybridized carbons (Fsp3) is 0.333. The summed E-state index contributed by atoms with van der Waals surface area (Å²) < 4.78 is 53.9. The molecule has 0 aromatic heterocycles. The van der Waals surface area contributed by atoms with Crippen molar-refractivity contribution in [3.63, 3.8) is 0 Å². The minimum Gasteiger partial charge on any atom is -0.404 e. The van der Waals surface area contributed by atoms with E-state index in [2.05, 4.69) is 10.1 Å². The van der Waals surface area contributed by atoms with Gasteiger partial charge >= 0.3 is 6.36 Å². The largest absolute Gasteiger partial charge is 0.573 e. The number of carbonyl (C=O) groups is 2. The lowest BCUT2D eigenvalue weighted by atomic mass is 10.2. The molecule has 11 heteroatoms. The molecular weight excluding hydrogens is 454 g/mol. The summed E-state index contributed by atoms with van der Waals surface area (Å²) in [7, 11) is 0. The van der Waals surface area contributed by atoms with Gasteiger partial charge in [-0.05, 0) is 48.9 Å². The number of benzene rings is 2. The van der Waals surface area contributed by atoms with Crippen molar-refractivity contribution in [2.24, 2.45) is 0 Å². The van der Waals surface area contributed by atoms with Crippen molar-refractivity contribution in [1.29, 1.82) is 0 Å². The topological polar surface area (TPSA) is 61.9 Å². The van der Waals surface area contributed by atoms with Gasteiger partial charge in [0, 0.05) is 37.4 Å². The van der Waals surface area contributed by atoms with E-state index in [0.717, 1.165) is 12.1 Å². The van der Waals surface area contributed by atoms with Crippen molar-refractivity contribution in [2.45, 2.75) is 12.8 Å². The molecule has 1 fully saturated rings. The van der Waals surface area contributed by atoms with Crippen LogP contribution in [0.1, 0.15) is 16.8 Å². The van der Waals surface area contributed by atoms with Crippen LogP contribution in [0.2, 0.25) is 5.02 Å². The fourth-order valence-corrected chi connectivity index (χ4v) is 3.51. The normalized spacial score (nSPS) is 15.2. The number of carbonyl (C=O) groups excluding carboxylic acids is 2.